The predicted octanol–water partition coefficient (Wildman–Crippen LogP) is 2.54. The summed E-state index contributed by atoms with van der Waals surface area (Å²) in [6.07, 6.45) is 6.13. The maximum atomic E-state index is 11.8. The van der Waals surface area contributed by atoms with E-state index in [0.29, 0.717) is 29.9 Å². The van der Waals surface area contributed by atoms with Crippen LogP contribution in [-0.2, 0) is 13.5 Å². The average molecular weight is 369 g/mol. The van der Waals surface area contributed by atoms with Crippen LogP contribution in [0.1, 0.15) is 57.9 Å². The van der Waals surface area contributed by atoms with Crippen molar-refractivity contribution in [2.45, 2.75) is 31.1 Å². The van der Waals surface area contributed by atoms with Crippen molar-refractivity contribution in [3.63, 3.8) is 0 Å². The predicted molar refractivity (Wildman–Crippen MR) is 104 cm³/mol. The molecule has 3 aliphatic carbocycles. The lowest BCUT2D eigenvalue weighted by atomic mass is 9.71. The summed E-state index contributed by atoms with van der Waals surface area (Å²) in [5, 5.41) is 0. The van der Waals surface area contributed by atoms with Gasteiger partial charge in [0.05, 0.1) is 12.1 Å². The quantitative estimate of drug-likeness (QED) is 0.703. The van der Waals surface area contributed by atoms with Gasteiger partial charge in [-0.15, -0.1) is 0 Å². The van der Waals surface area contributed by atoms with Gasteiger partial charge in [-0.25, -0.2) is 15.0 Å². The van der Waals surface area contributed by atoms with Crippen LogP contribution in [-0.4, -0.2) is 25.4 Å². The van der Waals surface area contributed by atoms with Crippen molar-refractivity contribution in [1.82, 2.24) is 19.5 Å². The molecule has 0 aliphatic heterocycles. The number of hydrogen-bond acceptors (Lipinski definition) is 4. The average Bonchev–Trinajstić information content (AvgIpc) is 2.86. The first-order chi connectivity index (χ1) is 13.6. The van der Waals surface area contributed by atoms with Crippen LogP contribution in [0.15, 0.2) is 36.7 Å². The molecule has 6 nitrogen and oxygen atoms in total. The number of carbonyl (C=O) groups is 1. The van der Waals surface area contributed by atoms with Crippen molar-refractivity contribution in [2.75, 3.05) is 0 Å². The second kappa shape index (κ2) is 6.31. The number of benzene rings is 1. The van der Waals surface area contributed by atoms with Crippen molar-refractivity contribution >= 4 is 5.91 Å². The zero-order chi connectivity index (χ0) is 19.3. The molecule has 2 N–H and O–H groups in total. The third-order valence-corrected chi connectivity index (χ3v) is 5.73. The Morgan fingerprint density at radius 3 is 2.79 bits per heavy atom. The molecule has 1 aromatic carbocycles. The molecule has 138 valence electrons. The Morgan fingerprint density at radius 1 is 1.25 bits per heavy atom. The molecular weight excluding hydrogens is 350 g/mol. The minimum Gasteiger partial charge on any atom is -0.363 e. The van der Waals surface area contributed by atoms with Gasteiger partial charge in [0.15, 0.2) is 5.82 Å². The fourth-order valence-electron chi connectivity index (χ4n) is 4.33. The van der Waals surface area contributed by atoms with Crippen LogP contribution in [0.4, 0.5) is 0 Å². The van der Waals surface area contributed by atoms with E-state index in [2.05, 4.69) is 45.0 Å². The molecule has 2 aromatic heterocycles. The molecule has 6 rings (SSSR count). The van der Waals surface area contributed by atoms with E-state index >= 15 is 0 Å². The summed E-state index contributed by atoms with van der Waals surface area (Å²) >= 11 is 0. The molecule has 2 heterocycles. The van der Waals surface area contributed by atoms with Gasteiger partial charge in [0.2, 0.25) is 0 Å². The SMILES string of the molecule is Cn1c(C(N)=O)nc2c1C1CC(C1)c1ccc(C#CCc3ncccn3)cc1-2. The smallest absolute Gasteiger partial charge is 0.284 e. The Balaban J connectivity index is 1.56. The fourth-order valence-corrected chi connectivity index (χ4v) is 4.33. The van der Waals surface area contributed by atoms with E-state index in [-0.39, 0.29) is 0 Å². The van der Waals surface area contributed by atoms with Crippen LogP contribution >= 0.6 is 0 Å². The largest absolute Gasteiger partial charge is 0.363 e. The van der Waals surface area contributed by atoms with Gasteiger partial charge < -0.3 is 10.3 Å². The van der Waals surface area contributed by atoms with Crippen molar-refractivity contribution in [3.05, 3.63) is 65.1 Å². The van der Waals surface area contributed by atoms with Crippen LogP contribution < -0.4 is 5.73 Å². The number of hydrogen-bond donors (Lipinski definition) is 1. The number of primary amides is 1. The van der Waals surface area contributed by atoms with E-state index in [9.17, 15) is 4.79 Å². The number of amides is 1. The summed E-state index contributed by atoms with van der Waals surface area (Å²) in [6, 6.07) is 8.10. The van der Waals surface area contributed by atoms with Crippen LogP contribution in [0.2, 0.25) is 0 Å². The van der Waals surface area contributed by atoms with Gasteiger partial charge in [0, 0.05) is 42.2 Å². The van der Waals surface area contributed by atoms with E-state index in [0.717, 1.165) is 35.4 Å². The van der Waals surface area contributed by atoms with Gasteiger partial charge in [0.25, 0.3) is 5.91 Å². The second-order valence-corrected chi connectivity index (χ2v) is 7.40. The molecule has 1 fully saturated rings. The molecule has 28 heavy (non-hydrogen) atoms. The summed E-state index contributed by atoms with van der Waals surface area (Å²) < 4.78 is 1.87. The van der Waals surface area contributed by atoms with E-state index in [1.807, 2.05) is 11.6 Å². The Labute approximate surface area is 162 Å². The van der Waals surface area contributed by atoms with Gasteiger partial charge in [0.1, 0.15) is 5.82 Å². The third kappa shape index (κ3) is 2.59. The molecule has 0 radical (unpaired) electrons. The van der Waals surface area contributed by atoms with Gasteiger partial charge in [-0.2, -0.15) is 0 Å². The number of carbonyl (C=O) groups excluding carboxylic acids is 1. The molecule has 1 amide bonds. The molecule has 1 saturated carbocycles. The molecule has 0 spiro atoms. The summed E-state index contributed by atoms with van der Waals surface area (Å²) in [7, 11) is 1.88. The molecule has 6 heteroatoms. The lowest BCUT2D eigenvalue weighted by Crippen LogP contribution is -2.23. The van der Waals surface area contributed by atoms with E-state index in [1.165, 1.54) is 5.56 Å². The Kier molecular flexibility index (Phi) is 3.76. The molecule has 0 unspecified atom stereocenters. The minimum absolute atomic E-state index is 0.319. The maximum absolute atomic E-state index is 11.8. The number of aromatic nitrogens is 4. The summed E-state index contributed by atoms with van der Waals surface area (Å²) in [4.78, 5) is 24.8. The van der Waals surface area contributed by atoms with Crippen LogP contribution in [0, 0.1) is 11.8 Å². The van der Waals surface area contributed by atoms with E-state index < -0.39 is 5.91 Å². The van der Waals surface area contributed by atoms with Crippen molar-refractivity contribution in [2.24, 2.45) is 12.8 Å². The minimum atomic E-state index is -0.494. The first-order valence-electron chi connectivity index (χ1n) is 9.37. The van der Waals surface area contributed by atoms with Crippen molar-refractivity contribution in [3.8, 4) is 23.1 Å². The third-order valence-electron chi connectivity index (χ3n) is 5.73. The second-order valence-electron chi connectivity index (χ2n) is 7.40. The molecule has 0 atom stereocenters. The van der Waals surface area contributed by atoms with Crippen LogP contribution in [0.3, 0.4) is 0 Å². The fraction of sp³-hybridized carbons (Fsp3) is 0.273. The molecule has 0 saturated heterocycles. The van der Waals surface area contributed by atoms with Crippen LogP contribution in [0.5, 0.6) is 0 Å². The highest BCUT2D eigenvalue weighted by Crippen LogP contribution is 2.55. The van der Waals surface area contributed by atoms with Crippen molar-refractivity contribution in [1.29, 1.82) is 0 Å². The highest BCUT2D eigenvalue weighted by atomic mass is 16.1. The van der Waals surface area contributed by atoms with Gasteiger partial charge in [-0.3, -0.25) is 4.79 Å². The first kappa shape index (κ1) is 16.7. The maximum Gasteiger partial charge on any atom is 0.284 e. The standard InChI is InChI=1S/C22H19N5O/c1-27-20-15-11-14(12-15)16-7-6-13(4-2-5-18-24-8-3-9-25-18)10-17(16)19(20)26-22(27)21(23)28/h3,6-10,14-15H,5,11-12H2,1H3,(H2,23,28). The topological polar surface area (TPSA) is 86.7 Å². The first-order valence-corrected chi connectivity index (χ1v) is 9.37. The van der Waals surface area contributed by atoms with Crippen molar-refractivity contribution < 1.29 is 4.79 Å². The summed E-state index contributed by atoms with van der Waals surface area (Å²) in [6.45, 7) is 0. The molecular formula is C22H19N5O. The Hall–Kier alpha value is -3.46. The Morgan fingerprint density at radius 2 is 2.04 bits per heavy atom. The number of nitrogens with two attached hydrogens (primary N) is 1. The molecule has 3 aromatic rings. The number of nitrogens with zero attached hydrogens (tertiary/aromatic N) is 4. The van der Waals surface area contributed by atoms with Crippen LogP contribution in [0.25, 0.3) is 11.3 Å². The highest BCUT2D eigenvalue weighted by Gasteiger charge is 2.41. The summed E-state index contributed by atoms with van der Waals surface area (Å²) in [5.41, 5.74) is 10.8. The Bertz CT molecular complexity index is 1150. The highest BCUT2D eigenvalue weighted by molar-refractivity contribution is 5.91. The number of rotatable bonds is 2. The number of imidazole rings is 1. The normalized spacial score (nSPS) is 18.8. The summed E-state index contributed by atoms with van der Waals surface area (Å²) in [5.74, 6) is 7.87. The van der Waals surface area contributed by atoms with E-state index in [1.54, 1.807) is 18.5 Å². The monoisotopic (exact) mass is 369 g/mol. The lowest BCUT2D eigenvalue weighted by Gasteiger charge is -2.34. The zero-order valence-corrected chi connectivity index (χ0v) is 15.5. The van der Waals surface area contributed by atoms with Gasteiger partial charge in [-0.1, -0.05) is 17.9 Å². The molecule has 2 bridgehead atoms. The molecule has 3 aliphatic rings. The van der Waals surface area contributed by atoms with E-state index in [4.69, 9.17) is 5.73 Å². The lowest BCUT2D eigenvalue weighted by molar-refractivity contribution is 0.0987. The zero-order valence-electron chi connectivity index (χ0n) is 15.5. The van der Waals surface area contributed by atoms with Gasteiger partial charge >= 0.3 is 0 Å². The van der Waals surface area contributed by atoms with Gasteiger partial charge in [-0.05, 0) is 42.5 Å².